The standard InChI is InChI=1S/C15H12ClNO4/c16-10-1-2-13-9(5-10)6-11(21-13)8-20-14-7-17-4-3-12(14)15(18)19/h1-5,7,11H,6,8H2,(H,18,19). The number of ether oxygens (including phenoxy) is 2. The Morgan fingerprint density at radius 3 is 3.14 bits per heavy atom. The molecule has 1 aliphatic rings. The molecule has 0 saturated heterocycles. The molecule has 1 atom stereocenters. The summed E-state index contributed by atoms with van der Waals surface area (Å²) in [6, 6.07) is 6.86. The normalized spacial score (nSPS) is 16.1. The van der Waals surface area contributed by atoms with Crippen LogP contribution in [0.2, 0.25) is 5.02 Å². The van der Waals surface area contributed by atoms with E-state index >= 15 is 0 Å². The van der Waals surface area contributed by atoms with Gasteiger partial charge in [-0.25, -0.2) is 4.79 Å². The number of carboxylic acid groups (broad SMARTS) is 1. The van der Waals surface area contributed by atoms with Crippen molar-refractivity contribution in [2.24, 2.45) is 0 Å². The van der Waals surface area contributed by atoms with E-state index in [2.05, 4.69) is 4.98 Å². The number of fused-ring (bicyclic) bond motifs is 1. The van der Waals surface area contributed by atoms with Gasteiger partial charge in [0.15, 0.2) is 5.75 Å². The lowest BCUT2D eigenvalue weighted by Crippen LogP contribution is -2.23. The lowest BCUT2D eigenvalue weighted by atomic mass is 10.1. The summed E-state index contributed by atoms with van der Waals surface area (Å²) in [5, 5.41) is 9.74. The van der Waals surface area contributed by atoms with E-state index in [1.807, 2.05) is 12.1 Å². The largest absolute Gasteiger partial charge is 0.487 e. The summed E-state index contributed by atoms with van der Waals surface area (Å²) in [5.74, 6) is -0.0185. The first-order valence-electron chi connectivity index (χ1n) is 6.38. The minimum Gasteiger partial charge on any atom is -0.487 e. The number of aromatic nitrogens is 1. The van der Waals surface area contributed by atoms with Crippen LogP contribution in [-0.4, -0.2) is 28.8 Å². The van der Waals surface area contributed by atoms with Gasteiger partial charge in [0.2, 0.25) is 0 Å². The van der Waals surface area contributed by atoms with Crippen molar-refractivity contribution in [1.82, 2.24) is 4.98 Å². The molecule has 0 fully saturated rings. The van der Waals surface area contributed by atoms with Gasteiger partial charge < -0.3 is 14.6 Å². The molecule has 0 amide bonds. The zero-order valence-corrected chi connectivity index (χ0v) is 11.7. The minimum absolute atomic E-state index is 0.0866. The number of hydrogen-bond acceptors (Lipinski definition) is 4. The van der Waals surface area contributed by atoms with Gasteiger partial charge in [0, 0.05) is 17.6 Å². The molecule has 1 unspecified atom stereocenters. The van der Waals surface area contributed by atoms with E-state index in [0.717, 1.165) is 11.3 Å². The van der Waals surface area contributed by atoms with Gasteiger partial charge in [0.25, 0.3) is 0 Å². The molecule has 6 heteroatoms. The van der Waals surface area contributed by atoms with Gasteiger partial charge in [-0.1, -0.05) is 11.6 Å². The summed E-state index contributed by atoms with van der Waals surface area (Å²) >= 11 is 5.94. The first kappa shape index (κ1) is 13.7. The van der Waals surface area contributed by atoms with E-state index < -0.39 is 5.97 Å². The van der Waals surface area contributed by atoms with Crippen molar-refractivity contribution in [3.8, 4) is 11.5 Å². The van der Waals surface area contributed by atoms with Crippen molar-refractivity contribution in [2.45, 2.75) is 12.5 Å². The highest BCUT2D eigenvalue weighted by Crippen LogP contribution is 2.31. The summed E-state index contributed by atoms with van der Waals surface area (Å²) in [6.07, 6.45) is 3.32. The summed E-state index contributed by atoms with van der Waals surface area (Å²) in [4.78, 5) is 15.0. The molecule has 0 radical (unpaired) electrons. The van der Waals surface area contributed by atoms with Gasteiger partial charge >= 0.3 is 5.97 Å². The van der Waals surface area contributed by atoms with Gasteiger partial charge in [0.05, 0.1) is 6.20 Å². The lowest BCUT2D eigenvalue weighted by Gasteiger charge is -2.13. The fourth-order valence-electron chi connectivity index (χ4n) is 2.24. The van der Waals surface area contributed by atoms with Crippen LogP contribution in [0.15, 0.2) is 36.7 Å². The van der Waals surface area contributed by atoms with Gasteiger partial charge in [-0.05, 0) is 29.8 Å². The molecule has 0 bridgehead atoms. The highest BCUT2D eigenvalue weighted by atomic mass is 35.5. The van der Waals surface area contributed by atoms with Gasteiger partial charge in [-0.15, -0.1) is 0 Å². The van der Waals surface area contributed by atoms with Crippen LogP contribution in [0, 0.1) is 0 Å². The number of rotatable bonds is 4. The fourth-order valence-corrected chi connectivity index (χ4v) is 2.43. The molecule has 0 aliphatic carbocycles. The Morgan fingerprint density at radius 1 is 1.48 bits per heavy atom. The van der Waals surface area contributed by atoms with E-state index in [4.69, 9.17) is 26.2 Å². The van der Waals surface area contributed by atoms with Gasteiger partial charge in [-0.2, -0.15) is 0 Å². The van der Waals surface area contributed by atoms with Crippen LogP contribution in [0.25, 0.3) is 0 Å². The summed E-state index contributed by atoms with van der Waals surface area (Å²) in [5.41, 5.74) is 1.12. The number of halogens is 1. The lowest BCUT2D eigenvalue weighted by molar-refractivity contribution is 0.0688. The second-order valence-electron chi connectivity index (χ2n) is 4.68. The Kier molecular flexibility index (Phi) is 3.66. The summed E-state index contributed by atoms with van der Waals surface area (Å²) in [7, 11) is 0. The van der Waals surface area contributed by atoms with E-state index in [0.29, 0.717) is 11.4 Å². The molecule has 1 N–H and O–H groups in total. The third kappa shape index (κ3) is 2.92. The Balaban J connectivity index is 1.67. The maximum atomic E-state index is 11.1. The number of hydrogen-bond donors (Lipinski definition) is 1. The maximum absolute atomic E-state index is 11.1. The molecular weight excluding hydrogens is 294 g/mol. The fraction of sp³-hybridized carbons (Fsp3) is 0.200. The zero-order valence-electron chi connectivity index (χ0n) is 11.0. The Morgan fingerprint density at radius 2 is 2.33 bits per heavy atom. The number of carboxylic acids is 1. The molecule has 1 aromatic carbocycles. The number of pyridine rings is 1. The zero-order chi connectivity index (χ0) is 14.8. The predicted octanol–water partition coefficient (Wildman–Crippen LogP) is 2.82. The number of carbonyl (C=O) groups is 1. The van der Waals surface area contributed by atoms with Crippen LogP contribution < -0.4 is 9.47 Å². The van der Waals surface area contributed by atoms with E-state index in [9.17, 15) is 4.79 Å². The highest BCUT2D eigenvalue weighted by Gasteiger charge is 2.24. The van der Waals surface area contributed by atoms with E-state index in [1.54, 1.807) is 6.07 Å². The molecule has 0 saturated carbocycles. The quantitative estimate of drug-likeness (QED) is 0.940. The van der Waals surface area contributed by atoms with Crippen LogP contribution in [0.4, 0.5) is 0 Å². The number of benzene rings is 1. The molecule has 3 rings (SSSR count). The van der Waals surface area contributed by atoms with Crippen molar-refractivity contribution in [2.75, 3.05) is 6.61 Å². The van der Waals surface area contributed by atoms with Crippen LogP contribution in [0.1, 0.15) is 15.9 Å². The van der Waals surface area contributed by atoms with Crippen molar-refractivity contribution in [3.63, 3.8) is 0 Å². The Hall–Kier alpha value is -2.27. The topological polar surface area (TPSA) is 68.7 Å². The molecule has 5 nitrogen and oxygen atoms in total. The van der Waals surface area contributed by atoms with Crippen molar-refractivity contribution < 1.29 is 19.4 Å². The van der Waals surface area contributed by atoms with Crippen LogP contribution in [0.3, 0.4) is 0 Å². The van der Waals surface area contributed by atoms with Crippen molar-refractivity contribution in [3.05, 3.63) is 52.8 Å². The molecule has 0 spiro atoms. The van der Waals surface area contributed by atoms with E-state index in [-0.39, 0.29) is 24.0 Å². The molecule has 1 aromatic heterocycles. The van der Waals surface area contributed by atoms with Gasteiger partial charge in [-0.3, -0.25) is 4.98 Å². The average molecular weight is 306 g/mol. The molecule has 2 aromatic rings. The van der Waals surface area contributed by atoms with Crippen LogP contribution in [0.5, 0.6) is 11.5 Å². The Bertz CT molecular complexity index is 689. The van der Waals surface area contributed by atoms with Crippen molar-refractivity contribution >= 4 is 17.6 Å². The average Bonchev–Trinajstić information content (AvgIpc) is 2.87. The second kappa shape index (κ2) is 5.61. The van der Waals surface area contributed by atoms with Gasteiger partial charge in [0.1, 0.15) is 24.0 Å². The Labute approximate surface area is 126 Å². The number of aromatic carboxylic acids is 1. The molecule has 1 aliphatic heterocycles. The van der Waals surface area contributed by atoms with Crippen molar-refractivity contribution in [1.29, 1.82) is 0 Å². The predicted molar refractivity (Wildman–Crippen MR) is 76.3 cm³/mol. The first-order chi connectivity index (χ1) is 10.1. The monoisotopic (exact) mass is 305 g/mol. The van der Waals surface area contributed by atoms with Crippen LogP contribution >= 0.6 is 11.6 Å². The molecular formula is C15H12ClNO4. The second-order valence-corrected chi connectivity index (χ2v) is 5.12. The van der Waals surface area contributed by atoms with Crippen LogP contribution in [-0.2, 0) is 6.42 Å². The highest BCUT2D eigenvalue weighted by molar-refractivity contribution is 6.30. The molecule has 2 heterocycles. The molecule has 21 heavy (non-hydrogen) atoms. The third-order valence-corrected chi connectivity index (χ3v) is 3.44. The van der Waals surface area contributed by atoms with E-state index in [1.165, 1.54) is 18.5 Å². The first-order valence-corrected chi connectivity index (χ1v) is 6.76. The minimum atomic E-state index is -1.05. The maximum Gasteiger partial charge on any atom is 0.339 e. The number of nitrogens with zero attached hydrogens (tertiary/aromatic N) is 1. The summed E-state index contributed by atoms with van der Waals surface area (Å²) < 4.78 is 11.3. The molecule has 108 valence electrons. The smallest absolute Gasteiger partial charge is 0.339 e. The third-order valence-electron chi connectivity index (χ3n) is 3.20. The SMILES string of the molecule is O=C(O)c1ccncc1OCC1Cc2cc(Cl)ccc2O1. The summed E-state index contributed by atoms with van der Waals surface area (Å²) in [6.45, 7) is 0.248.